The Labute approximate surface area is 256 Å². The number of benzene rings is 3. The zero-order chi connectivity index (χ0) is 32.1. The summed E-state index contributed by atoms with van der Waals surface area (Å²) in [6.07, 6.45) is 1.86. The molecular weight excluding hydrogens is 604 g/mol. The fraction of sp³-hybridized carbons (Fsp3) is 0.290. The maximum atomic E-state index is 14.7. The normalized spacial score (nSPS) is 19.5. The molecule has 0 radical (unpaired) electrons. The van der Waals surface area contributed by atoms with Crippen molar-refractivity contribution in [1.29, 1.82) is 0 Å². The molecule has 1 aliphatic carbocycles. The average Bonchev–Trinajstić information content (AvgIpc) is 2.92. The first-order valence-corrected chi connectivity index (χ1v) is 17.2. The van der Waals surface area contributed by atoms with E-state index in [0.29, 0.717) is 24.0 Å². The van der Waals surface area contributed by atoms with Crippen molar-refractivity contribution in [2.45, 2.75) is 50.6 Å². The number of anilines is 2. The van der Waals surface area contributed by atoms with E-state index in [-0.39, 0.29) is 45.4 Å². The standard InChI is InChI=1S/C31H34N4O7S2/c1-30(2,3)15-16-31(32-18-19-9-12-21(36)13-10-19)23-8-6-5-7-22(23)27(37)26(28(31)38)29-33-24-14-11-20(34-43(4,39)40)17-25(24)44(41,42)35-29/h5-14,17,32,34,36-37H,15-16,18H2,1-4H3,(H,33,35). The molecule has 0 spiro atoms. The van der Waals surface area contributed by atoms with Gasteiger partial charge < -0.3 is 15.5 Å². The van der Waals surface area contributed by atoms with Crippen LogP contribution in [0.5, 0.6) is 5.75 Å². The van der Waals surface area contributed by atoms with Crippen molar-refractivity contribution in [3.05, 3.63) is 89.0 Å². The van der Waals surface area contributed by atoms with Crippen LogP contribution in [0, 0.1) is 5.41 Å². The number of carbonyl (C=O) groups is 1. The number of carbonyl (C=O) groups excluding carboxylic acids is 1. The van der Waals surface area contributed by atoms with Crippen molar-refractivity contribution >= 4 is 48.8 Å². The molecule has 0 fully saturated rings. The molecule has 3 aromatic carbocycles. The van der Waals surface area contributed by atoms with Crippen molar-refractivity contribution in [2.75, 3.05) is 16.3 Å². The van der Waals surface area contributed by atoms with E-state index in [2.05, 4.69) is 40.5 Å². The van der Waals surface area contributed by atoms with Crippen LogP contribution in [-0.4, -0.2) is 44.9 Å². The van der Waals surface area contributed by atoms with E-state index in [0.717, 1.165) is 17.9 Å². The fourth-order valence-electron chi connectivity index (χ4n) is 5.35. The Bertz CT molecular complexity index is 1930. The summed E-state index contributed by atoms with van der Waals surface area (Å²) in [5.41, 5.74) is -0.0409. The van der Waals surface area contributed by atoms with Gasteiger partial charge in [0.05, 0.1) is 11.9 Å². The molecule has 1 atom stereocenters. The summed E-state index contributed by atoms with van der Waals surface area (Å²) < 4.78 is 56.4. The fourth-order valence-corrected chi connectivity index (χ4v) is 7.05. The van der Waals surface area contributed by atoms with E-state index < -0.39 is 37.1 Å². The Hall–Kier alpha value is -4.20. The summed E-state index contributed by atoms with van der Waals surface area (Å²) in [5, 5.41) is 27.6. The number of sulfonamides is 2. The zero-order valence-corrected chi connectivity index (χ0v) is 26.3. The highest BCUT2D eigenvalue weighted by molar-refractivity contribution is 7.92. The lowest BCUT2D eigenvalue weighted by atomic mass is 9.69. The Kier molecular flexibility index (Phi) is 7.85. The van der Waals surface area contributed by atoms with Crippen LogP contribution in [-0.2, 0) is 36.9 Å². The Balaban J connectivity index is 1.64. The first kappa shape index (κ1) is 31.2. The van der Waals surface area contributed by atoms with Crippen LogP contribution in [0.1, 0.15) is 50.3 Å². The van der Waals surface area contributed by atoms with Gasteiger partial charge in [0.1, 0.15) is 27.5 Å². The molecule has 44 heavy (non-hydrogen) atoms. The number of nitrogens with zero attached hydrogens (tertiary/aromatic N) is 1. The van der Waals surface area contributed by atoms with Crippen LogP contribution in [0.15, 0.2) is 81.6 Å². The molecule has 0 amide bonds. The van der Waals surface area contributed by atoms with Gasteiger partial charge in [-0.25, -0.2) is 8.42 Å². The third kappa shape index (κ3) is 6.21. The Morgan fingerprint density at radius 3 is 2.34 bits per heavy atom. The van der Waals surface area contributed by atoms with Crippen LogP contribution in [0.4, 0.5) is 11.4 Å². The molecule has 1 aliphatic heterocycles. The minimum atomic E-state index is -4.43. The first-order chi connectivity index (χ1) is 20.5. The molecule has 0 aromatic heterocycles. The highest BCUT2D eigenvalue weighted by Gasteiger charge is 2.49. The number of aliphatic hydroxyl groups excluding tert-OH is 1. The number of hydrogen-bond donors (Lipinski definition) is 5. The third-order valence-corrected chi connectivity index (χ3v) is 9.46. The van der Waals surface area contributed by atoms with Gasteiger partial charge in [0.25, 0.3) is 10.0 Å². The molecule has 2 aliphatic rings. The molecule has 13 heteroatoms. The number of aliphatic hydroxyl groups is 1. The second kappa shape index (κ2) is 11.1. The molecular formula is C31H34N4O7S2. The lowest BCUT2D eigenvalue weighted by Crippen LogP contribution is -2.53. The molecule has 3 aromatic rings. The predicted molar refractivity (Wildman–Crippen MR) is 169 cm³/mol. The molecule has 5 rings (SSSR count). The third-order valence-electron chi connectivity index (χ3n) is 7.54. The van der Waals surface area contributed by atoms with Gasteiger partial charge in [-0.15, -0.1) is 4.40 Å². The number of rotatable bonds is 8. The van der Waals surface area contributed by atoms with Gasteiger partial charge >= 0.3 is 0 Å². The first-order valence-electron chi connectivity index (χ1n) is 13.8. The molecule has 232 valence electrons. The number of Topliss-reactive ketones (excluding diaryl/α,β-unsaturated/α-hetero) is 1. The summed E-state index contributed by atoms with van der Waals surface area (Å²) in [6.45, 7) is 6.39. The lowest BCUT2D eigenvalue weighted by molar-refractivity contribution is -0.122. The van der Waals surface area contributed by atoms with Gasteiger partial charge in [-0.2, -0.15) is 8.42 Å². The van der Waals surface area contributed by atoms with Gasteiger partial charge in [-0.3, -0.25) is 14.8 Å². The number of nitrogens with one attached hydrogen (secondary N) is 3. The van der Waals surface area contributed by atoms with Gasteiger partial charge in [0.2, 0.25) is 10.0 Å². The Morgan fingerprint density at radius 2 is 1.68 bits per heavy atom. The minimum Gasteiger partial charge on any atom is -0.508 e. The summed E-state index contributed by atoms with van der Waals surface area (Å²) in [6, 6.07) is 17.4. The van der Waals surface area contributed by atoms with Crippen molar-refractivity contribution in [2.24, 2.45) is 9.81 Å². The van der Waals surface area contributed by atoms with E-state index in [9.17, 15) is 31.8 Å². The van der Waals surface area contributed by atoms with E-state index >= 15 is 0 Å². The molecule has 1 heterocycles. The number of amidine groups is 1. The van der Waals surface area contributed by atoms with Crippen LogP contribution in [0.3, 0.4) is 0 Å². The van der Waals surface area contributed by atoms with E-state index in [1.54, 1.807) is 48.5 Å². The second-order valence-electron chi connectivity index (χ2n) is 12.2. The number of fused-ring (bicyclic) bond motifs is 2. The smallest absolute Gasteiger partial charge is 0.286 e. The van der Waals surface area contributed by atoms with Gasteiger partial charge in [-0.1, -0.05) is 57.2 Å². The number of ketones is 1. The topological polar surface area (TPSA) is 174 Å². The number of phenols is 1. The minimum absolute atomic E-state index is 0.0274. The van der Waals surface area contributed by atoms with Crippen LogP contribution >= 0.6 is 0 Å². The van der Waals surface area contributed by atoms with E-state index in [1.807, 2.05) is 0 Å². The summed E-state index contributed by atoms with van der Waals surface area (Å²) in [7, 11) is -8.10. The van der Waals surface area contributed by atoms with E-state index in [4.69, 9.17) is 0 Å². The SMILES string of the molecule is CC(C)(C)CCC1(NCc2ccc(O)cc2)C(=O)C(C2=NS(=O)(=O)c3cc(NS(C)(=O)=O)ccc3N2)=C(O)c2ccccc21. The maximum Gasteiger partial charge on any atom is 0.286 e. The quantitative estimate of drug-likeness (QED) is 0.235. The van der Waals surface area contributed by atoms with E-state index in [1.165, 1.54) is 12.1 Å². The number of phenolic OH excluding ortho intramolecular Hbond substituents is 1. The summed E-state index contributed by atoms with van der Waals surface area (Å²) >= 11 is 0. The molecule has 0 saturated heterocycles. The van der Waals surface area contributed by atoms with Crippen LogP contribution in [0.25, 0.3) is 5.76 Å². The number of aromatic hydroxyl groups is 1. The average molecular weight is 639 g/mol. The predicted octanol–water partition coefficient (Wildman–Crippen LogP) is 4.64. The monoisotopic (exact) mass is 638 g/mol. The molecule has 5 N–H and O–H groups in total. The second-order valence-corrected chi connectivity index (χ2v) is 15.5. The zero-order valence-electron chi connectivity index (χ0n) is 24.7. The molecule has 0 bridgehead atoms. The largest absolute Gasteiger partial charge is 0.508 e. The summed E-state index contributed by atoms with van der Waals surface area (Å²) in [4.78, 5) is 14.4. The maximum absolute atomic E-state index is 14.7. The molecule has 0 saturated carbocycles. The van der Waals surface area contributed by atoms with Gasteiger partial charge in [0, 0.05) is 17.8 Å². The summed E-state index contributed by atoms with van der Waals surface area (Å²) in [5.74, 6) is -1.21. The van der Waals surface area contributed by atoms with Crippen LogP contribution in [0.2, 0.25) is 0 Å². The number of hydrogen-bond acceptors (Lipinski definition) is 9. The Morgan fingerprint density at radius 1 is 1.00 bits per heavy atom. The van der Waals surface area contributed by atoms with Crippen molar-refractivity contribution in [3.63, 3.8) is 0 Å². The van der Waals surface area contributed by atoms with Crippen LogP contribution < -0.4 is 15.4 Å². The molecule has 1 unspecified atom stereocenters. The lowest BCUT2D eigenvalue weighted by Gasteiger charge is -2.41. The van der Waals surface area contributed by atoms with Crippen molar-refractivity contribution in [1.82, 2.24) is 5.32 Å². The highest BCUT2D eigenvalue weighted by atomic mass is 32.2. The van der Waals surface area contributed by atoms with Gasteiger partial charge in [0.15, 0.2) is 11.6 Å². The van der Waals surface area contributed by atoms with Crippen molar-refractivity contribution in [3.8, 4) is 5.75 Å². The highest BCUT2D eigenvalue weighted by Crippen LogP contribution is 2.44. The van der Waals surface area contributed by atoms with Crippen molar-refractivity contribution < 1.29 is 31.8 Å². The molecule has 11 nitrogen and oxygen atoms in total. The van der Waals surface area contributed by atoms with Gasteiger partial charge in [-0.05, 0) is 59.7 Å².